The van der Waals surface area contributed by atoms with Gasteiger partial charge in [-0.1, -0.05) is 12.1 Å². The van der Waals surface area contributed by atoms with E-state index in [-0.39, 0.29) is 12.0 Å². The molecule has 1 saturated carbocycles. The van der Waals surface area contributed by atoms with Gasteiger partial charge in [0.1, 0.15) is 17.7 Å². The van der Waals surface area contributed by atoms with Crippen molar-refractivity contribution in [3.8, 4) is 17.1 Å². The van der Waals surface area contributed by atoms with E-state index in [1.807, 2.05) is 53.4 Å². The van der Waals surface area contributed by atoms with Gasteiger partial charge in [0.2, 0.25) is 5.91 Å². The number of nitrogens with zero attached hydrogens (tertiary/aromatic N) is 2. The van der Waals surface area contributed by atoms with Crippen LogP contribution in [0.4, 0.5) is 0 Å². The van der Waals surface area contributed by atoms with Crippen molar-refractivity contribution in [2.24, 2.45) is 11.8 Å². The molecule has 32 heavy (non-hydrogen) atoms. The van der Waals surface area contributed by atoms with Gasteiger partial charge in [-0.2, -0.15) is 0 Å². The minimum atomic E-state index is -0.527. The number of benzene rings is 2. The highest BCUT2D eigenvalue weighted by molar-refractivity contribution is 5.79. The molecule has 1 aliphatic carbocycles. The molecule has 2 aliphatic rings. The lowest BCUT2D eigenvalue weighted by Gasteiger charge is -2.35. The smallest absolute Gasteiger partial charge is 0.224 e. The molecule has 168 valence electrons. The van der Waals surface area contributed by atoms with Gasteiger partial charge in [0, 0.05) is 25.8 Å². The number of H-pyrrole nitrogens is 1. The summed E-state index contributed by atoms with van der Waals surface area (Å²) in [4.78, 5) is 22.3. The monoisotopic (exact) mass is 435 g/mol. The first-order chi connectivity index (χ1) is 15.6. The Labute approximate surface area is 187 Å². The Morgan fingerprint density at radius 2 is 1.88 bits per heavy atom. The third-order valence-corrected chi connectivity index (χ3v) is 6.76. The molecule has 1 amide bonds. The number of hydrogen-bond acceptors (Lipinski definition) is 5. The number of ether oxygens (including phenoxy) is 2. The van der Waals surface area contributed by atoms with Crippen molar-refractivity contribution in [3.63, 3.8) is 0 Å². The molecule has 1 aromatic heterocycles. The molecule has 2 N–H and O–H groups in total. The number of para-hydroxylation sites is 2. The maximum Gasteiger partial charge on any atom is 0.224 e. The van der Waals surface area contributed by atoms with Crippen molar-refractivity contribution in [2.75, 3.05) is 26.8 Å². The van der Waals surface area contributed by atoms with E-state index in [9.17, 15) is 9.90 Å². The second kappa shape index (κ2) is 8.92. The number of rotatable bonds is 6. The first-order valence-corrected chi connectivity index (χ1v) is 11.3. The molecule has 5 rings (SSSR count). The minimum Gasteiger partial charge on any atom is -0.488 e. The number of aromatic nitrogens is 2. The van der Waals surface area contributed by atoms with E-state index in [0.717, 1.165) is 47.7 Å². The van der Waals surface area contributed by atoms with Crippen LogP contribution in [0.1, 0.15) is 19.3 Å². The van der Waals surface area contributed by atoms with E-state index in [1.165, 1.54) is 0 Å². The van der Waals surface area contributed by atoms with E-state index in [0.29, 0.717) is 31.3 Å². The van der Waals surface area contributed by atoms with Crippen molar-refractivity contribution in [1.29, 1.82) is 0 Å². The highest BCUT2D eigenvalue weighted by atomic mass is 16.5. The number of aliphatic hydroxyl groups is 1. The van der Waals surface area contributed by atoms with Crippen LogP contribution >= 0.6 is 0 Å². The fourth-order valence-corrected chi connectivity index (χ4v) is 5.02. The van der Waals surface area contributed by atoms with Crippen molar-refractivity contribution in [1.82, 2.24) is 14.9 Å². The number of carbonyl (C=O) groups is 1. The zero-order valence-corrected chi connectivity index (χ0v) is 18.2. The van der Waals surface area contributed by atoms with E-state index in [2.05, 4.69) is 9.97 Å². The SMILES string of the molecule is COCCC(=O)N1C[C@H]2C[C@@H](Oc3ccc(-c4nc5ccccc5[nH]4)cc3)[C@H](O)C[C@H]2C1. The van der Waals surface area contributed by atoms with Crippen molar-refractivity contribution in [2.45, 2.75) is 31.5 Å². The molecule has 0 unspecified atom stereocenters. The number of carbonyl (C=O) groups excluding carboxylic acids is 1. The average Bonchev–Trinajstić information content (AvgIpc) is 3.42. The van der Waals surface area contributed by atoms with Crippen molar-refractivity contribution >= 4 is 16.9 Å². The predicted octanol–water partition coefficient (Wildman–Crippen LogP) is 3.24. The molecule has 0 radical (unpaired) electrons. The Morgan fingerprint density at radius 3 is 2.62 bits per heavy atom. The number of imidazole rings is 1. The molecule has 1 saturated heterocycles. The van der Waals surface area contributed by atoms with Crippen LogP contribution < -0.4 is 4.74 Å². The second-order valence-corrected chi connectivity index (χ2v) is 8.88. The van der Waals surface area contributed by atoms with Crippen LogP contribution in [-0.4, -0.2) is 64.9 Å². The van der Waals surface area contributed by atoms with Gasteiger partial charge in [-0.3, -0.25) is 4.79 Å². The Hall–Kier alpha value is -2.90. The summed E-state index contributed by atoms with van der Waals surface area (Å²) in [5.41, 5.74) is 2.93. The number of amides is 1. The summed E-state index contributed by atoms with van der Waals surface area (Å²) >= 11 is 0. The van der Waals surface area contributed by atoms with Gasteiger partial charge in [0.05, 0.1) is 30.2 Å². The van der Waals surface area contributed by atoms with Gasteiger partial charge in [-0.25, -0.2) is 4.98 Å². The minimum absolute atomic E-state index is 0.134. The maximum absolute atomic E-state index is 12.4. The standard InChI is InChI=1S/C25H29N3O4/c1-31-11-10-24(30)28-14-17-12-22(29)23(13-18(17)15-28)32-19-8-6-16(7-9-19)25-26-20-4-2-3-5-21(20)27-25/h2-9,17-18,22-23,29H,10-15H2,1H3,(H,26,27)/t17-,18+,22+,23+/m0/s1. The normalized spacial score (nSPS) is 25.1. The van der Waals surface area contributed by atoms with E-state index in [1.54, 1.807) is 7.11 Å². The van der Waals surface area contributed by atoms with Gasteiger partial charge in [-0.05, 0) is 61.1 Å². The lowest BCUT2D eigenvalue weighted by Crippen LogP contribution is -2.42. The molecule has 2 aromatic carbocycles. The molecule has 2 heterocycles. The van der Waals surface area contributed by atoms with Crippen LogP contribution in [0, 0.1) is 11.8 Å². The molecular weight excluding hydrogens is 406 g/mol. The van der Waals surface area contributed by atoms with Crippen molar-refractivity contribution in [3.05, 3.63) is 48.5 Å². The quantitative estimate of drug-likeness (QED) is 0.621. The Bertz CT molecular complexity index is 1050. The van der Waals surface area contributed by atoms with Crippen LogP contribution in [0.15, 0.2) is 48.5 Å². The number of fused-ring (bicyclic) bond motifs is 2. The predicted molar refractivity (Wildman–Crippen MR) is 121 cm³/mol. The molecule has 7 heteroatoms. The summed E-state index contributed by atoms with van der Waals surface area (Å²) in [6, 6.07) is 15.8. The summed E-state index contributed by atoms with van der Waals surface area (Å²) in [5.74, 6) is 2.40. The molecule has 7 nitrogen and oxygen atoms in total. The second-order valence-electron chi connectivity index (χ2n) is 8.88. The van der Waals surface area contributed by atoms with E-state index in [4.69, 9.17) is 9.47 Å². The van der Waals surface area contributed by atoms with Crippen LogP contribution in [0.25, 0.3) is 22.4 Å². The number of likely N-dealkylation sites (tertiary alicyclic amines) is 1. The van der Waals surface area contributed by atoms with Crippen LogP contribution in [0.5, 0.6) is 5.75 Å². The molecule has 0 bridgehead atoms. The highest BCUT2D eigenvalue weighted by Gasteiger charge is 2.43. The van der Waals surface area contributed by atoms with E-state index >= 15 is 0 Å². The van der Waals surface area contributed by atoms with Crippen LogP contribution in [-0.2, 0) is 9.53 Å². The number of aliphatic hydroxyl groups excluding tert-OH is 1. The van der Waals surface area contributed by atoms with Gasteiger partial charge in [0.25, 0.3) is 0 Å². The number of methoxy groups -OCH3 is 1. The van der Waals surface area contributed by atoms with Gasteiger partial charge >= 0.3 is 0 Å². The molecule has 2 fully saturated rings. The van der Waals surface area contributed by atoms with Crippen LogP contribution in [0.2, 0.25) is 0 Å². The van der Waals surface area contributed by atoms with E-state index < -0.39 is 6.10 Å². The Balaban J connectivity index is 1.22. The summed E-state index contributed by atoms with van der Waals surface area (Å²) in [7, 11) is 1.61. The summed E-state index contributed by atoms with van der Waals surface area (Å²) in [5, 5.41) is 10.7. The zero-order chi connectivity index (χ0) is 22.1. The Kier molecular flexibility index (Phi) is 5.85. The lowest BCUT2D eigenvalue weighted by atomic mass is 9.78. The zero-order valence-electron chi connectivity index (χ0n) is 18.2. The fraction of sp³-hybridized carbons (Fsp3) is 0.440. The highest BCUT2D eigenvalue weighted by Crippen LogP contribution is 2.38. The molecular formula is C25H29N3O4. The summed E-state index contributed by atoms with van der Waals surface area (Å²) in [6.07, 6.45) is 1.05. The Morgan fingerprint density at radius 1 is 1.12 bits per heavy atom. The largest absolute Gasteiger partial charge is 0.488 e. The number of hydrogen-bond donors (Lipinski definition) is 2. The lowest BCUT2D eigenvalue weighted by molar-refractivity contribution is -0.131. The third-order valence-electron chi connectivity index (χ3n) is 6.76. The molecule has 1 aliphatic heterocycles. The molecule has 4 atom stereocenters. The molecule has 3 aromatic rings. The van der Waals surface area contributed by atoms with Crippen molar-refractivity contribution < 1.29 is 19.4 Å². The maximum atomic E-state index is 12.4. The third kappa shape index (κ3) is 4.23. The van der Waals surface area contributed by atoms with Gasteiger partial charge in [-0.15, -0.1) is 0 Å². The van der Waals surface area contributed by atoms with Gasteiger partial charge < -0.3 is 24.5 Å². The first kappa shape index (κ1) is 21.0. The number of nitrogens with one attached hydrogen (secondary N) is 1. The van der Waals surface area contributed by atoms with Crippen LogP contribution in [0.3, 0.4) is 0 Å². The topological polar surface area (TPSA) is 87.7 Å². The number of aromatic amines is 1. The average molecular weight is 436 g/mol. The fourth-order valence-electron chi connectivity index (χ4n) is 5.02. The summed E-state index contributed by atoms with van der Waals surface area (Å²) < 4.78 is 11.2. The summed E-state index contributed by atoms with van der Waals surface area (Å²) in [6.45, 7) is 1.91. The van der Waals surface area contributed by atoms with Gasteiger partial charge in [0.15, 0.2) is 0 Å². The first-order valence-electron chi connectivity index (χ1n) is 11.3. The molecule has 0 spiro atoms.